The van der Waals surface area contributed by atoms with Gasteiger partial charge in [0.25, 0.3) is 0 Å². The third kappa shape index (κ3) is 2.74. The number of aromatic nitrogens is 2. The van der Waals surface area contributed by atoms with Crippen LogP contribution in [0.3, 0.4) is 0 Å². The number of nitrogens with zero attached hydrogens (tertiary/aromatic N) is 2. The van der Waals surface area contributed by atoms with Gasteiger partial charge in [-0.2, -0.15) is 0 Å². The lowest BCUT2D eigenvalue weighted by molar-refractivity contribution is 0.340. The molecule has 3 nitrogen and oxygen atoms in total. The molecule has 0 spiro atoms. The smallest absolute Gasteiger partial charge is 0.160 e. The van der Waals surface area contributed by atoms with Crippen molar-refractivity contribution in [2.75, 3.05) is 6.61 Å². The largest absolute Gasteiger partial charge is 0.494 e. The normalized spacial score (nSPS) is 10.3. The van der Waals surface area contributed by atoms with Crippen molar-refractivity contribution in [2.45, 2.75) is 13.8 Å². The summed E-state index contributed by atoms with van der Waals surface area (Å²) in [6.07, 6.45) is 1.72. The lowest BCUT2D eigenvalue weighted by atomic mass is 10.2. The third-order valence-corrected chi connectivity index (χ3v) is 2.72. The van der Waals surface area contributed by atoms with Crippen LogP contribution in [0.1, 0.15) is 12.5 Å². The van der Waals surface area contributed by atoms with Crippen LogP contribution in [-0.2, 0) is 0 Å². The van der Waals surface area contributed by atoms with Crippen LogP contribution >= 0.6 is 11.6 Å². The number of aryl methyl sites for hydroxylation is 1. The molecule has 0 saturated carbocycles. The van der Waals surface area contributed by atoms with Gasteiger partial charge in [-0.05, 0) is 38.1 Å². The Kier molecular flexibility index (Phi) is 3.59. The molecule has 1 heterocycles. The van der Waals surface area contributed by atoms with Gasteiger partial charge < -0.3 is 4.74 Å². The maximum absolute atomic E-state index is 5.97. The molecule has 0 N–H and O–H groups in total. The first kappa shape index (κ1) is 11.9. The summed E-state index contributed by atoms with van der Waals surface area (Å²) in [5.41, 5.74) is 1.80. The molecular formula is C13H13ClN2O. The summed E-state index contributed by atoms with van der Waals surface area (Å²) in [6, 6.07) is 7.64. The summed E-state index contributed by atoms with van der Waals surface area (Å²) in [6.45, 7) is 4.49. The predicted molar refractivity (Wildman–Crippen MR) is 68.4 cm³/mol. The molecule has 0 atom stereocenters. The van der Waals surface area contributed by atoms with Crippen LogP contribution in [-0.4, -0.2) is 16.6 Å². The highest BCUT2D eigenvalue weighted by molar-refractivity contribution is 6.30. The van der Waals surface area contributed by atoms with Crippen LogP contribution in [0.2, 0.25) is 5.15 Å². The Morgan fingerprint density at radius 1 is 1.24 bits per heavy atom. The van der Waals surface area contributed by atoms with E-state index >= 15 is 0 Å². The van der Waals surface area contributed by atoms with E-state index in [0.29, 0.717) is 17.6 Å². The molecule has 88 valence electrons. The highest BCUT2D eigenvalue weighted by Crippen LogP contribution is 2.21. The monoisotopic (exact) mass is 248 g/mol. The molecule has 0 saturated heterocycles. The maximum atomic E-state index is 5.97. The van der Waals surface area contributed by atoms with Crippen LogP contribution in [0, 0.1) is 6.92 Å². The van der Waals surface area contributed by atoms with E-state index in [0.717, 1.165) is 16.9 Å². The van der Waals surface area contributed by atoms with Gasteiger partial charge in [0.05, 0.1) is 6.61 Å². The minimum atomic E-state index is 0.490. The summed E-state index contributed by atoms with van der Waals surface area (Å²) in [5.74, 6) is 1.47. The van der Waals surface area contributed by atoms with Crippen molar-refractivity contribution < 1.29 is 4.74 Å². The van der Waals surface area contributed by atoms with E-state index < -0.39 is 0 Å². The highest BCUT2D eigenvalue weighted by atomic mass is 35.5. The van der Waals surface area contributed by atoms with Gasteiger partial charge in [0.1, 0.15) is 10.9 Å². The zero-order valence-electron chi connectivity index (χ0n) is 9.77. The fraction of sp³-hybridized carbons (Fsp3) is 0.231. The summed E-state index contributed by atoms with van der Waals surface area (Å²) < 4.78 is 5.37. The Balaban J connectivity index is 2.30. The first-order valence-corrected chi connectivity index (χ1v) is 5.81. The Labute approximate surface area is 105 Å². The molecule has 2 rings (SSSR count). The van der Waals surface area contributed by atoms with E-state index in [1.54, 1.807) is 6.20 Å². The van der Waals surface area contributed by atoms with E-state index in [2.05, 4.69) is 9.97 Å². The molecule has 0 unspecified atom stereocenters. The summed E-state index contributed by atoms with van der Waals surface area (Å²) in [4.78, 5) is 8.48. The Hall–Kier alpha value is -1.61. The molecular weight excluding hydrogens is 236 g/mol. The second-order valence-corrected chi connectivity index (χ2v) is 3.98. The van der Waals surface area contributed by atoms with Gasteiger partial charge in [0.2, 0.25) is 0 Å². The van der Waals surface area contributed by atoms with E-state index in [1.165, 1.54) is 0 Å². The molecule has 0 bridgehead atoms. The number of ether oxygens (including phenoxy) is 1. The van der Waals surface area contributed by atoms with Crippen LogP contribution in [0.5, 0.6) is 5.75 Å². The van der Waals surface area contributed by atoms with Crippen LogP contribution in [0.25, 0.3) is 11.4 Å². The van der Waals surface area contributed by atoms with E-state index in [4.69, 9.17) is 16.3 Å². The van der Waals surface area contributed by atoms with Crippen molar-refractivity contribution in [3.63, 3.8) is 0 Å². The second-order valence-electron chi connectivity index (χ2n) is 3.62. The van der Waals surface area contributed by atoms with E-state index in [9.17, 15) is 0 Å². The molecule has 17 heavy (non-hydrogen) atoms. The van der Waals surface area contributed by atoms with Crippen molar-refractivity contribution in [3.8, 4) is 17.1 Å². The fourth-order valence-corrected chi connectivity index (χ4v) is 1.56. The van der Waals surface area contributed by atoms with Crippen LogP contribution in [0.4, 0.5) is 0 Å². The Morgan fingerprint density at radius 2 is 1.94 bits per heavy atom. The highest BCUT2D eigenvalue weighted by Gasteiger charge is 2.04. The third-order valence-electron chi connectivity index (χ3n) is 2.33. The molecule has 0 aliphatic carbocycles. The zero-order valence-corrected chi connectivity index (χ0v) is 10.5. The lowest BCUT2D eigenvalue weighted by Crippen LogP contribution is -1.93. The molecule has 0 aliphatic rings. The number of hydrogen-bond donors (Lipinski definition) is 0. The number of rotatable bonds is 3. The lowest BCUT2D eigenvalue weighted by Gasteiger charge is -2.05. The average molecular weight is 249 g/mol. The first-order chi connectivity index (χ1) is 8.20. The minimum absolute atomic E-state index is 0.490. The van der Waals surface area contributed by atoms with Crippen LogP contribution in [0.15, 0.2) is 30.5 Å². The number of halogens is 1. The van der Waals surface area contributed by atoms with Gasteiger partial charge in [-0.25, -0.2) is 9.97 Å². The standard InChI is InChI=1S/C13H13ClN2O/c1-3-17-11-6-4-10(5-7-11)13-15-8-9(2)12(14)16-13/h4-8H,3H2,1-2H3. The fourth-order valence-electron chi connectivity index (χ4n) is 1.43. The van der Waals surface area contributed by atoms with Crippen molar-refractivity contribution in [3.05, 3.63) is 41.2 Å². The zero-order chi connectivity index (χ0) is 12.3. The molecule has 4 heteroatoms. The Bertz CT molecular complexity index is 511. The summed E-state index contributed by atoms with van der Waals surface area (Å²) in [7, 11) is 0. The summed E-state index contributed by atoms with van der Waals surface area (Å²) in [5, 5.41) is 0.490. The van der Waals surface area contributed by atoms with Crippen molar-refractivity contribution in [1.29, 1.82) is 0 Å². The average Bonchev–Trinajstić information content (AvgIpc) is 2.34. The molecule has 0 fully saturated rings. The molecule has 2 aromatic rings. The van der Waals surface area contributed by atoms with Gasteiger partial charge in [0.15, 0.2) is 5.82 Å². The van der Waals surface area contributed by atoms with Gasteiger partial charge in [-0.3, -0.25) is 0 Å². The molecule has 1 aromatic heterocycles. The maximum Gasteiger partial charge on any atom is 0.160 e. The van der Waals surface area contributed by atoms with Gasteiger partial charge >= 0.3 is 0 Å². The first-order valence-electron chi connectivity index (χ1n) is 5.43. The van der Waals surface area contributed by atoms with Crippen molar-refractivity contribution in [2.24, 2.45) is 0 Å². The molecule has 0 aliphatic heterocycles. The molecule has 0 amide bonds. The van der Waals surface area contributed by atoms with E-state index in [1.807, 2.05) is 38.1 Å². The molecule has 0 radical (unpaired) electrons. The Morgan fingerprint density at radius 3 is 2.53 bits per heavy atom. The second kappa shape index (κ2) is 5.15. The SMILES string of the molecule is CCOc1ccc(-c2ncc(C)c(Cl)n2)cc1. The predicted octanol–water partition coefficient (Wildman–Crippen LogP) is 3.50. The van der Waals surface area contributed by atoms with Crippen LogP contribution < -0.4 is 4.74 Å². The van der Waals surface area contributed by atoms with Gasteiger partial charge in [0, 0.05) is 17.3 Å². The molecule has 1 aromatic carbocycles. The van der Waals surface area contributed by atoms with Crippen molar-refractivity contribution in [1.82, 2.24) is 9.97 Å². The number of hydrogen-bond acceptors (Lipinski definition) is 3. The van der Waals surface area contributed by atoms with Gasteiger partial charge in [-0.1, -0.05) is 11.6 Å². The quantitative estimate of drug-likeness (QED) is 0.780. The topological polar surface area (TPSA) is 35.0 Å². The van der Waals surface area contributed by atoms with Gasteiger partial charge in [-0.15, -0.1) is 0 Å². The number of benzene rings is 1. The minimum Gasteiger partial charge on any atom is -0.494 e. The van der Waals surface area contributed by atoms with Crippen molar-refractivity contribution >= 4 is 11.6 Å². The van der Waals surface area contributed by atoms with E-state index in [-0.39, 0.29) is 0 Å². The summed E-state index contributed by atoms with van der Waals surface area (Å²) >= 11 is 5.97.